The Morgan fingerprint density at radius 1 is 1.57 bits per heavy atom. The van der Waals surface area contributed by atoms with E-state index in [-0.39, 0.29) is 12.4 Å². The van der Waals surface area contributed by atoms with Gasteiger partial charge in [0, 0.05) is 6.61 Å². The molecule has 0 amide bonds. The minimum Gasteiger partial charge on any atom is -0.375 e. The van der Waals surface area contributed by atoms with Crippen molar-refractivity contribution < 1.29 is 14.2 Å². The van der Waals surface area contributed by atoms with Crippen LogP contribution in [0, 0.1) is 0 Å². The van der Waals surface area contributed by atoms with Gasteiger partial charge in [0.1, 0.15) is 0 Å². The fourth-order valence-electron chi connectivity index (χ4n) is 1.43. The summed E-state index contributed by atoms with van der Waals surface area (Å²) < 4.78 is 16.4. The highest BCUT2D eigenvalue weighted by molar-refractivity contribution is 4.64. The molecule has 0 radical (unpaired) electrons. The van der Waals surface area contributed by atoms with Gasteiger partial charge in [-0.2, -0.15) is 0 Å². The van der Waals surface area contributed by atoms with E-state index < -0.39 is 0 Å². The van der Waals surface area contributed by atoms with E-state index in [4.69, 9.17) is 14.2 Å². The smallest absolute Gasteiger partial charge is 0.158 e. The summed E-state index contributed by atoms with van der Waals surface area (Å²) in [7, 11) is 0. The van der Waals surface area contributed by atoms with Crippen molar-refractivity contribution in [3.05, 3.63) is 12.7 Å². The van der Waals surface area contributed by atoms with Gasteiger partial charge in [-0.3, -0.25) is 0 Å². The molecule has 0 bridgehead atoms. The van der Waals surface area contributed by atoms with Crippen LogP contribution >= 0.6 is 0 Å². The Bertz CT molecular complexity index is 153. The third-order valence-corrected chi connectivity index (χ3v) is 2.11. The molecule has 1 aliphatic heterocycles. The lowest BCUT2D eigenvalue weighted by Crippen LogP contribution is -2.28. The minimum atomic E-state index is -0.0221. The first-order chi connectivity index (χ1) is 6.83. The topological polar surface area (TPSA) is 27.7 Å². The molecule has 3 heteroatoms. The summed E-state index contributed by atoms with van der Waals surface area (Å²) in [5.41, 5.74) is 0. The summed E-state index contributed by atoms with van der Waals surface area (Å²) in [4.78, 5) is 0. The van der Waals surface area contributed by atoms with E-state index in [2.05, 4.69) is 6.58 Å². The van der Waals surface area contributed by atoms with Crippen molar-refractivity contribution in [3.8, 4) is 0 Å². The van der Waals surface area contributed by atoms with Gasteiger partial charge < -0.3 is 14.2 Å². The van der Waals surface area contributed by atoms with Crippen LogP contribution in [0.15, 0.2) is 12.7 Å². The predicted molar refractivity (Wildman–Crippen MR) is 55.2 cm³/mol. The highest BCUT2D eigenvalue weighted by atomic mass is 16.7. The zero-order chi connectivity index (χ0) is 10.2. The normalized spacial score (nSPS) is 24.5. The second-order valence-corrected chi connectivity index (χ2v) is 3.57. The molecule has 82 valence electrons. The van der Waals surface area contributed by atoms with Crippen LogP contribution in [0.3, 0.4) is 0 Å². The van der Waals surface area contributed by atoms with E-state index in [1.54, 1.807) is 6.08 Å². The quantitative estimate of drug-likeness (QED) is 0.485. The average Bonchev–Trinajstić information content (AvgIpc) is 2.20. The lowest BCUT2D eigenvalue weighted by atomic mass is 10.2. The number of hydrogen-bond acceptors (Lipinski definition) is 3. The van der Waals surface area contributed by atoms with Gasteiger partial charge in [-0.1, -0.05) is 6.08 Å². The van der Waals surface area contributed by atoms with Crippen molar-refractivity contribution in [1.82, 2.24) is 0 Å². The largest absolute Gasteiger partial charge is 0.375 e. The van der Waals surface area contributed by atoms with Crippen molar-refractivity contribution in [2.75, 3.05) is 19.8 Å². The Hall–Kier alpha value is -0.380. The van der Waals surface area contributed by atoms with Crippen LogP contribution in [0.1, 0.15) is 26.2 Å². The molecule has 0 aliphatic carbocycles. The summed E-state index contributed by atoms with van der Waals surface area (Å²) in [5.74, 6) is 0. The number of rotatable bonds is 6. The van der Waals surface area contributed by atoms with Crippen molar-refractivity contribution in [1.29, 1.82) is 0 Å². The minimum absolute atomic E-state index is 0.0221. The van der Waals surface area contributed by atoms with E-state index in [9.17, 15) is 0 Å². The van der Waals surface area contributed by atoms with E-state index in [1.807, 2.05) is 6.92 Å². The van der Waals surface area contributed by atoms with E-state index in [0.717, 1.165) is 19.4 Å². The van der Waals surface area contributed by atoms with Crippen LogP contribution in [-0.4, -0.2) is 32.2 Å². The predicted octanol–water partition coefficient (Wildman–Crippen LogP) is 2.12. The maximum absolute atomic E-state index is 5.66. The van der Waals surface area contributed by atoms with Crippen LogP contribution < -0.4 is 0 Å². The van der Waals surface area contributed by atoms with Gasteiger partial charge in [0.2, 0.25) is 0 Å². The Kier molecular flexibility index (Phi) is 5.83. The van der Waals surface area contributed by atoms with Crippen molar-refractivity contribution in [2.24, 2.45) is 0 Å². The zero-order valence-electron chi connectivity index (χ0n) is 8.91. The third kappa shape index (κ3) is 4.74. The van der Waals surface area contributed by atoms with Gasteiger partial charge in [-0.15, -0.1) is 6.58 Å². The standard InChI is InChI=1S/C11H20O3/c1-3-7-12-9-10(2)14-11-6-4-5-8-13-11/h3,10-11H,1,4-9H2,2H3/t10-,11?/m0/s1. The third-order valence-electron chi connectivity index (χ3n) is 2.11. The number of hydrogen-bond donors (Lipinski definition) is 0. The van der Waals surface area contributed by atoms with Crippen molar-refractivity contribution in [3.63, 3.8) is 0 Å². The molecule has 0 aromatic heterocycles. The molecule has 1 fully saturated rings. The molecule has 1 unspecified atom stereocenters. The summed E-state index contributed by atoms with van der Waals surface area (Å²) in [5, 5.41) is 0. The van der Waals surface area contributed by atoms with Crippen LogP contribution in [-0.2, 0) is 14.2 Å². The molecule has 1 aliphatic rings. The summed E-state index contributed by atoms with van der Waals surface area (Å²) in [6.45, 7) is 7.59. The zero-order valence-corrected chi connectivity index (χ0v) is 8.91. The molecule has 0 N–H and O–H groups in total. The SMILES string of the molecule is C=CCOC[C@H](C)OC1CCCCO1. The van der Waals surface area contributed by atoms with Gasteiger partial charge in [0.25, 0.3) is 0 Å². The molecule has 3 nitrogen and oxygen atoms in total. The van der Waals surface area contributed by atoms with Gasteiger partial charge >= 0.3 is 0 Å². The molecule has 2 atom stereocenters. The molecule has 0 saturated carbocycles. The van der Waals surface area contributed by atoms with Crippen molar-refractivity contribution in [2.45, 2.75) is 38.6 Å². The van der Waals surface area contributed by atoms with E-state index >= 15 is 0 Å². The molecule has 1 saturated heterocycles. The first-order valence-corrected chi connectivity index (χ1v) is 5.28. The summed E-state index contributed by atoms with van der Waals surface area (Å²) in [6, 6.07) is 0. The van der Waals surface area contributed by atoms with Gasteiger partial charge in [-0.25, -0.2) is 0 Å². The molecular formula is C11H20O3. The molecule has 0 spiro atoms. The maximum Gasteiger partial charge on any atom is 0.158 e. The second-order valence-electron chi connectivity index (χ2n) is 3.57. The van der Waals surface area contributed by atoms with E-state index in [0.29, 0.717) is 13.2 Å². The molecule has 1 heterocycles. The summed E-state index contributed by atoms with van der Waals surface area (Å²) >= 11 is 0. The molecule has 0 aromatic rings. The lowest BCUT2D eigenvalue weighted by Gasteiger charge is -2.25. The molecule has 1 rings (SSSR count). The Morgan fingerprint density at radius 3 is 3.07 bits per heavy atom. The first kappa shape index (κ1) is 11.7. The van der Waals surface area contributed by atoms with Crippen LogP contribution in [0.2, 0.25) is 0 Å². The monoisotopic (exact) mass is 200 g/mol. The Balaban J connectivity index is 2.05. The molecular weight excluding hydrogens is 180 g/mol. The molecule has 0 aromatic carbocycles. The molecule has 14 heavy (non-hydrogen) atoms. The average molecular weight is 200 g/mol. The van der Waals surface area contributed by atoms with E-state index in [1.165, 1.54) is 6.42 Å². The lowest BCUT2D eigenvalue weighted by molar-refractivity contribution is -0.193. The Morgan fingerprint density at radius 2 is 2.43 bits per heavy atom. The van der Waals surface area contributed by atoms with Gasteiger partial charge in [-0.05, 0) is 26.2 Å². The second kappa shape index (κ2) is 6.98. The maximum atomic E-state index is 5.66. The van der Waals surface area contributed by atoms with Crippen LogP contribution in [0.5, 0.6) is 0 Å². The van der Waals surface area contributed by atoms with Crippen LogP contribution in [0.25, 0.3) is 0 Å². The first-order valence-electron chi connectivity index (χ1n) is 5.28. The van der Waals surface area contributed by atoms with Crippen LogP contribution in [0.4, 0.5) is 0 Å². The summed E-state index contributed by atoms with van der Waals surface area (Å²) in [6.07, 6.45) is 5.17. The highest BCUT2D eigenvalue weighted by Crippen LogP contribution is 2.15. The van der Waals surface area contributed by atoms with Gasteiger partial charge in [0.15, 0.2) is 6.29 Å². The fourth-order valence-corrected chi connectivity index (χ4v) is 1.43. The van der Waals surface area contributed by atoms with Gasteiger partial charge in [0.05, 0.1) is 19.3 Å². The number of ether oxygens (including phenoxy) is 3. The van der Waals surface area contributed by atoms with Crippen molar-refractivity contribution >= 4 is 0 Å². The fraction of sp³-hybridized carbons (Fsp3) is 0.818. The Labute approximate surface area is 86.0 Å². The highest BCUT2D eigenvalue weighted by Gasteiger charge is 2.16.